The maximum atomic E-state index is 13.1. The number of carbonyl (C=O) groups is 3. The molecule has 2 aliphatic carbocycles. The van der Waals surface area contributed by atoms with E-state index in [-0.39, 0.29) is 11.8 Å². The summed E-state index contributed by atoms with van der Waals surface area (Å²) >= 11 is 0. The highest BCUT2D eigenvalue weighted by Gasteiger charge is 2.62. The molecule has 0 bridgehead atoms. The van der Waals surface area contributed by atoms with E-state index in [4.69, 9.17) is 10.5 Å². The fourth-order valence-electron chi connectivity index (χ4n) is 4.73. The Morgan fingerprint density at radius 2 is 1.81 bits per heavy atom. The van der Waals surface area contributed by atoms with E-state index in [0.717, 1.165) is 0 Å². The average Bonchev–Trinajstić information content (AvgIpc) is 3.63. The molecule has 2 heterocycles. The van der Waals surface area contributed by atoms with Gasteiger partial charge >= 0.3 is 0 Å². The molecule has 2 aliphatic heterocycles. The summed E-state index contributed by atoms with van der Waals surface area (Å²) in [7, 11) is -3.72. The van der Waals surface area contributed by atoms with Gasteiger partial charge in [0.15, 0.2) is 0 Å². The molecule has 0 aromatic heterocycles. The van der Waals surface area contributed by atoms with Crippen LogP contribution < -0.4 is 15.8 Å². The summed E-state index contributed by atoms with van der Waals surface area (Å²) in [5, 5.41) is 2.31. The quantitative estimate of drug-likeness (QED) is 0.512. The summed E-state index contributed by atoms with van der Waals surface area (Å²) in [6.07, 6.45) is 5.13. The first-order chi connectivity index (χ1) is 14.7. The van der Waals surface area contributed by atoms with Crippen LogP contribution in [0.25, 0.3) is 0 Å². The lowest BCUT2D eigenvalue weighted by Crippen LogP contribution is -2.57. The third-order valence-electron chi connectivity index (χ3n) is 6.86. The number of hydrogen-bond acceptors (Lipinski definition) is 7. The number of hydrogen-bond donors (Lipinski definition) is 3. The number of carbonyl (C=O) groups excluding carboxylic acids is 3. The molecule has 4 N–H and O–H groups in total. The van der Waals surface area contributed by atoms with Gasteiger partial charge in [-0.15, -0.1) is 0 Å². The summed E-state index contributed by atoms with van der Waals surface area (Å²) < 4.78 is 32.4. The maximum Gasteiger partial charge on any atom is 0.259 e. The molecular formula is C20H32N4O6S. The molecule has 31 heavy (non-hydrogen) atoms. The number of sulfonamides is 1. The normalized spacial score (nSPS) is 35.3. The zero-order valence-electron chi connectivity index (χ0n) is 17.7. The van der Waals surface area contributed by atoms with Crippen LogP contribution in [0, 0.1) is 5.92 Å². The van der Waals surface area contributed by atoms with Gasteiger partial charge in [0.1, 0.15) is 11.6 Å². The minimum absolute atomic E-state index is 0.160. The lowest BCUT2D eigenvalue weighted by atomic mass is 10.1. The molecule has 0 aromatic rings. The van der Waals surface area contributed by atoms with Crippen molar-refractivity contribution < 1.29 is 27.5 Å². The molecule has 0 aromatic carbocycles. The first-order valence-electron chi connectivity index (χ1n) is 11.3. The summed E-state index contributed by atoms with van der Waals surface area (Å²) in [6, 6.07) is -1.39. The molecule has 4 rings (SSSR count). The van der Waals surface area contributed by atoms with Crippen LogP contribution in [0.15, 0.2) is 0 Å². The van der Waals surface area contributed by atoms with Crippen molar-refractivity contribution in [2.24, 2.45) is 11.7 Å². The van der Waals surface area contributed by atoms with Crippen molar-refractivity contribution in [1.82, 2.24) is 14.9 Å². The third-order valence-corrected chi connectivity index (χ3v) is 8.67. The fourth-order valence-corrected chi connectivity index (χ4v) is 6.09. The number of fused-ring (bicyclic) bond motifs is 2. The molecule has 4 fully saturated rings. The Kier molecular flexibility index (Phi) is 6.28. The summed E-state index contributed by atoms with van der Waals surface area (Å²) in [5.41, 5.74) is 4.81. The topological polar surface area (TPSA) is 148 Å². The number of ether oxygens (including phenoxy) is 1. The van der Waals surface area contributed by atoms with Crippen LogP contribution in [0.4, 0.5) is 0 Å². The second-order valence-corrected chi connectivity index (χ2v) is 11.2. The highest BCUT2D eigenvalue weighted by Crippen LogP contribution is 2.47. The second-order valence-electron chi connectivity index (χ2n) is 9.23. The molecule has 4 atom stereocenters. The number of nitrogens with two attached hydrogens (primary N) is 1. The molecular weight excluding hydrogens is 424 g/mol. The monoisotopic (exact) mass is 456 g/mol. The van der Waals surface area contributed by atoms with Crippen LogP contribution in [0.3, 0.4) is 0 Å². The average molecular weight is 457 g/mol. The van der Waals surface area contributed by atoms with E-state index >= 15 is 0 Å². The lowest BCUT2D eigenvalue weighted by molar-refractivity contribution is -0.140. The van der Waals surface area contributed by atoms with Gasteiger partial charge in [0.2, 0.25) is 21.8 Å². The third kappa shape index (κ3) is 4.73. The summed E-state index contributed by atoms with van der Waals surface area (Å²) in [4.78, 5) is 40.5. The van der Waals surface area contributed by atoms with Crippen molar-refractivity contribution in [2.75, 3.05) is 19.8 Å². The summed E-state index contributed by atoms with van der Waals surface area (Å²) in [6.45, 7) is 1.44. The van der Waals surface area contributed by atoms with Crippen LogP contribution in [0.1, 0.15) is 57.8 Å². The Balaban J connectivity index is 1.53. The smallest absolute Gasteiger partial charge is 0.259 e. The number of amides is 3. The molecule has 11 heteroatoms. The molecule has 4 aliphatic rings. The van der Waals surface area contributed by atoms with Gasteiger partial charge < -0.3 is 20.7 Å². The Labute approximate surface area is 182 Å². The molecule has 174 valence electrons. The van der Waals surface area contributed by atoms with E-state index in [9.17, 15) is 22.8 Å². The largest absolute Gasteiger partial charge is 0.381 e. The fraction of sp³-hybridized carbons (Fsp3) is 0.850. The Bertz CT molecular complexity index is 845. The number of rotatable bonds is 3. The van der Waals surface area contributed by atoms with Gasteiger partial charge in [-0.2, -0.15) is 0 Å². The first kappa shape index (κ1) is 22.5. The van der Waals surface area contributed by atoms with E-state index in [2.05, 4.69) is 10.0 Å². The van der Waals surface area contributed by atoms with Crippen molar-refractivity contribution >= 4 is 27.7 Å². The zero-order chi connectivity index (χ0) is 22.2. The van der Waals surface area contributed by atoms with Gasteiger partial charge in [-0.25, -0.2) is 8.42 Å². The van der Waals surface area contributed by atoms with Gasteiger partial charge in [0.25, 0.3) is 5.91 Å². The molecule has 2 saturated heterocycles. The van der Waals surface area contributed by atoms with Gasteiger partial charge in [0, 0.05) is 19.8 Å². The minimum atomic E-state index is -3.72. The standard InChI is InChI=1S/C20H32N4O6S/c21-15-5-3-11-30-10-2-4-13-12-20(13,19(27)23-31(28,29)14-7-8-14)22-17(25)16-6-1-9-24(16)18(15)26/h13-16H,1-12,21H2,(H,22,25)(H,23,27)/t13-,15+,16+,20-/m1/s1. The first-order valence-corrected chi connectivity index (χ1v) is 12.8. The van der Waals surface area contributed by atoms with Gasteiger partial charge in [-0.3, -0.25) is 19.1 Å². The van der Waals surface area contributed by atoms with E-state index in [0.29, 0.717) is 77.5 Å². The molecule has 0 unspecified atom stereocenters. The predicted octanol–water partition coefficient (Wildman–Crippen LogP) is -0.621. The molecule has 3 amide bonds. The highest BCUT2D eigenvalue weighted by atomic mass is 32.2. The van der Waals surface area contributed by atoms with Gasteiger partial charge in [-0.1, -0.05) is 0 Å². The van der Waals surface area contributed by atoms with Crippen molar-refractivity contribution in [3.8, 4) is 0 Å². The lowest BCUT2D eigenvalue weighted by Gasteiger charge is -2.28. The van der Waals surface area contributed by atoms with Crippen LogP contribution >= 0.6 is 0 Å². The van der Waals surface area contributed by atoms with Crippen LogP contribution in [0.5, 0.6) is 0 Å². The summed E-state index contributed by atoms with van der Waals surface area (Å²) in [5.74, 6) is -1.51. The van der Waals surface area contributed by atoms with E-state index in [1.54, 1.807) is 0 Å². The van der Waals surface area contributed by atoms with Crippen LogP contribution in [-0.4, -0.2) is 73.7 Å². The SMILES string of the molecule is N[C@H]1CCCOCCC[C@@H]2C[C@@]2(C(=O)NS(=O)(=O)C2CC2)NC(=O)[C@@H]2CCCN2C1=O. The molecule has 2 saturated carbocycles. The minimum Gasteiger partial charge on any atom is -0.381 e. The van der Waals surface area contributed by atoms with Gasteiger partial charge in [0.05, 0.1) is 11.3 Å². The molecule has 0 radical (unpaired) electrons. The highest BCUT2D eigenvalue weighted by molar-refractivity contribution is 7.91. The van der Waals surface area contributed by atoms with E-state index in [1.165, 1.54) is 4.90 Å². The Morgan fingerprint density at radius 3 is 2.52 bits per heavy atom. The van der Waals surface area contributed by atoms with Crippen molar-refractivity contribution in [3.05, 3.63) is 0 Å². The number of nitrogens with one attached hydrogen (secondary N) is 2. The molecule has 0 spiro atoms. The van der Waals surface area contributed by atoms with Crippen LogP contribution in [-0.2, 0) is 29.1 Å². The van der Waals surface area contributed by atoms with E-state index in [1.807, 2.05) is 0 Å². The maximum absolute atomic E-state index is 13.1. The second kappa shape index (κ2) is 8.67. The Hall–Kier alpha value is -1.72. The van der Waals surface area contributed by atoms with Crippen molar-refractivity contribution in [2.45, 2.75) is 80.7 Å². The van der Waals surface area contributed by atoms with Crippen molar-refractivity contribution in [3.63, 3.8) is 0 Å². The predicted molar refractivity (Wildman–Crippen MR) is 111 cm³/mol. The molecule has 10 nitrogen and oxygen atoms in total. The number of nitrogens with zero attached hydrogens (tertiary/aromatic N) is 1. The van der Waals surface area contributed by atoms with E-state index < -0.39 is 44.7 Å². The van der Waals surface area contributed by atoms with Crippen LogP contribution in [0.2, 0.25) is 0 Å². The zero-order valence-corrected chi connectivity index (χ0v) is 18.5. The van der Waals surface area contributed by atoms with Crippen molar-refractivity contribution in [1.29, 1.82) is 0 Å². The van der Waals surface area contributed by atoms with Gasteiger partial charge in [-0.05, 0) is 63.7 Å². The Morgan fingerprint density at radius 1 is 1.10 bits per heavy atom.